The zero-order valence-corrected chi connectivity index (χ0v) is 6.25. The summed E-state index contributed by atoms with van der Waals surface area (Å²) in [7, 11) is 0. The van der Waals surface area contributed by atoms with Gasteiger partial charge in [0.1, 0.15) is 11.5 Å². The van der Waals surface area contributed by atoms with Gasteiger partial charge in [0.15, 0.2) is 0 Å². The third-order valence-electron chi connectivity index (χ3n) is 2.19. The molecule has 2 rings (SSSR count). The molecule has 0 radical (unpaired) electrons. The van der Waals surface area contributed by atoms with E-state index in [1.54, 1.807) is 6.26 Å². The fraction of sp³-hybridized carbons (Fsp3) is 0.444. The van der Waals surface area contributed by atoms with Gasteiger partial charge < -0.3 is 4.42 Å². The van der Waals surface area contributed by atoms with E-state index in [4.69, 9.17) is 4.42 Å². The van der Waals surface area contributed by atoms with Gasteiger partial charge in [-0.15, -0.1) is 0 Å². The summed E-state index contributed by atoms with van der Waals surface area (Å²) >= 11 is 0. The zero-order valence-electron chi connectivity index (χ0n) is 6.25. The standard InChI is InChI=1S/C9H10O2/c10-8-4-3-7(6-8)9-2-1-5-11-9/h1-2,5,7H,3-4,6H2/t7-/m1/s1. The van der Waals surface area contributed by atoms with Crippen molar-refractivity contribution in [1.82, 2.24) is 0 Å². The minimum atomic E-state index is 0.359. The van der Waals surface area contributed by atoms with E-state index >= 15 is 0 Å². The summed E-state index contributed by atoms with van der Waals surface area (Å²) in [5.74, 6) is 1.69. The first kappa shape index (κ1) is 6.65. The lowest BCUT2D eigenvalue weighted by atomic mass is 10.1. The second kappa shape index (κ2) is 2.53. The molecule has 58 valence electrons. The molecule has 0 N–H and O–H groups in total. The van der Waals surface area contributed by atoms with Crippen molar-refractivity contribution >= 4 is 5.78 Å². The second-order valence-corrected chi connectivity index (χ2v) is 2.99. The Hall–Kier alpha value is -1.05. The van der Waals surface area contributed by atoms with Gasteiger partial charge in [-0.05, 0) is 18.6 Å². The van der Waals surface area contributed by atoms with E-state index in [1.807, 2.05) is 12.1 Å². The number of ketones is 1. The van der Waals surface area contributed by atoms with Crippen LogP contribution >= 0.6 is 0 Å². The van der Waals surface area contributed by atoms with Gasteiger partial charge in [0.05, 0.1) is 6.26 Å². The topological polar surface area (TPSA) is 30.2 Å². The van der Waals surface area contributed by atoms with E-state index in [2.05, 4.69) is 0 Å². The molecule has 0 aliphatic heterocycles. The third-order valence-corrected chi connectivity index (χ3v) is 2.19. The molecule has 0 aromatic carbocycles. The van der Waals surface area contributed by atoms with Crippen molar-refractivity contribution in [3.8, 4) is 0 Å². The fourth-order valence-electron chi connectivity index (χ4n) is 1.58. The van der Waals surface area contributed by atoms with Gasteiger partial charge in [-0.25, -0.2) is 0 Å². The molecule has 0 bridgehead atoms. The SMILES string of the molecule is O=C1CC[C@@H](c2ccco2)C1. The van der Waals surface area contributed by atoms with Crippen LogP contribution < -0.4 is 0 Å². The van der Waals surface area contributed by atoms with Crippen LogP contribution in [0.1, 0.15) is 30.9 Å². The van der Waals surface area contributed by atoms with Crippen LogP contribution in [0, 0.1) is 0 Å². The van der Waals surface area contributed by atoms with Crippen LogP contribution in [-0.4, -0.2) is 5.78 Å². The summed E-state index contributed by atoms with van der Waals surface area (Å²) in [6.07, 6.45) is 4.03. The molecule has 1 fully saturated rings. The number of carbonyl (C=O) groups excluding carboxylic acids is 1. The van der Waals surface area contributed by atoms with Gasteiger partial charge in [-0.1, -0.05) is 0 Å². The Labute approximate surface area is 65.2 Å². The van der Waals surface area contributed by atoms with Gasteiger partial charge in [0.25, 0.3) is 0 Å². The highest BCUT2D eigenvalue weighted by atomic mass is 16.3. The van der Waals surface area contributed by atoms with E-state index < -0.39 is 0 Å². The number of hydrogen-bond donors (Lipinski definition) is 0. The van der Waals surface area contributed by atoms with E-state index in [0.29, 0.717) is 18.1 Å². The first-order valence-electron chi connectivity index (χ1n) is 3.91. The molecule has 0 saturated heterocycles. The number of carbonyl (C=O) groups is 1. The largest absolute Gasteiger partial charge is 0.469 e. The van der Waals surface area contributed by atoms with E-state index in [0.717, 1.165) is 18.6 Å². The van der Waals surface area contributed by atoms with Gasteiger partial charge in [-0.3, -0.25) is 4.79 Å². The maximum Gasteiger partial charge on any atom is 0.133 e. The van der Waals surface area contributed by atoms with Gasteiger partial charge in [0, 0.05) is 18.8 Å². The summed E-state index contributed by atoms with van der Waals surface area (Å²) in [6, 6.07) is 3.82. The predicted molar refractivity (Wildman–Crippen MR) is 40.3 cm³/mol. The van der Waals surface area contributed by atoms with Crippen molar-refractivity contribution in [3.05, 3.63) is 24.2 Å². The van der Waals surface area contributed by atoms with Crippen molar-refractivity contribution in [3.63, 3.8) is 0 Å². The fourth-order valence-corrected chi connectivity index (χ4v) is 1.58. The Bertz CT molecular complexity index is 249. The van der Waals surface area contributed by atoms with Crippen LogP contribution in [0.2, 0.25) is 0 Å². The number of Topliss-reactive ketones (excluding diaryl/α,β-unsaturated/α-hetero) is 1. The Kier molecular flexibility index (Phi) is 1.53. The number of furan rings is 1. The van der Waals surface area contributed by atoms with Gasteiger partial charge in [-0.2, -0.15) is 0 Å². The number of rotatable bonds is 1. The van der Waals surface area contributed by atoms with E-state index in [9.17, 15) is 4.79 Å². The minimum Gasteiger partial charge on any atom is -0.469 e. The van der Waals surface area contributed by atoms with Crippen molar-refractivity contribution in [2.45, 2.75) is 25.2 Å². The smallest absolute Gasteiger partial charge is 0.133 e. The monoisotopic (exact) mass is 150 g/mol. The Balaban J connectivity index is 2.13. The first-order chi connectivity index (χ1) is 5.36. The molecule has 1 aliphatic carbocycles. The third kappa shape index (κ3) is 1.20. The quantitative estimate of drug-likeness (QED) is 0.613. The van der Waals surface area contributed by atoms with Crippen LogP contribution in [0.15, 0.2) is 22.8 Å². The Morgan fingerprint density at radius 1 is 1.55 bits per heavy atom. The molecule has 0 spiro atoms. The molecule has 2 heteroatoms. The summed E-state index contributed by atoms with van der Waals surface area (Å²) < 4.78 is 5.21. The molecule has 1 saturated carbocycles. The van der Waals surface area contributed by atoms with Crippen molar-refractivity contribution in [2.24, 2.45) is 0 Å². The second-order valence-electron chi connectivity index (χ2n) is 2.99. The highest BCUT2D eigenvalue weighted by Gasteiger charge is 2.25. The Morgan fingerprint density at radius 3 is 3.00 bits per heavy atom. The van der Waals surface area contributed by atoms with Crippen LogP contribution in [0.25, 0.3) is 0 Å². The van der Waals surface area contributed by atoms with Crippen LogP contribution in [-0.2, 0) is 4.79 Å². The highest BCUT2D eigenvalue weighted by molar-refractivity contribution is 5.81. The van der Waals surface area contributed by atoms with Crippen LogP contribution in [0.4, 0.5) is 0 Å². The highest BCUT2D eigenvalue weighted by Crippen LogP contribution is 2.31. The average Bonchev–Trinajstić information content (AvgIpc) is 2.55. The molecular formula is C9H10O2. The number of hydrogen-bond acceptors (Lipinski definition) is 2. The summed E-state index contributed by atoms with van der Waals surface area (Å²) in [6.45, 7) is 0. The van der Waals surface area contributed by atoms with E-state index in [1.165, 1.54) is 0 Å². The summed E-state index contributed by atoms with van der Waals surface area (Å²) in [5.41, 5.74) is 0. The van der Waals surface area contributed by atoms with Crippen LogP contribution in [0.3, 0.4) is 0 Å². The molecule has 0 amide bonds. The zero-order chi connectivity index (χ0) is 7.68. The summed E-state index contributed by atoms with van der Waals surface area (Å²) in [5, 5.41) is 0. The minimum absolute atomic E-state index is 0.359. The van der Waals surface area contributed by atoms with Crippen molar-refractivity contribution < 1.29 is 9.21 Å². The molecule has 1 atom stereocenters. The average molecular weight is 150 g/mol. The van der Waals surface area contributed by atoms with Gasteiger partial charge in [0.2, 0.25) is 0 Å². The molecule has 0 unspecified atom stereocenters. The molecule has 1 aliphatic rings. The molecule has 1 aromatic rings. The normalized spacial score (nSPS) is 24.4. The maximum absolute atomic E-state index is 10.9. The van der Waals surface area contributed by atoms with Crippen molar-refractivity contribution in [1.29, 1.82) is 0 Å². The van der Waals surface area contributed by atoms with Crippen molar-refractivity contribution in [2.75, 3.05) is 0 Å². The first-order valence-corrected chi connectivity index (χ1v) is 3.91. The maximum atomic E-state index is 10.9. The van der Waals surface area contributed by atoms with Crippen LogP contribution in [0.5, 0.6) is 0 Å². The van der Waals surface area contributed by atoms with E-state index in [-0.39, 0.29) is 0 Å². The lowest BCUT2D eigenvalue weighted by molar-refractivity contribution is -0.117. The lowest BCUT2D eigenvalue weighted by Crippen LogP contribution is -1.91. The Morgan fingerprint density at radius 2 is 2.45 bits per heavy atom. The molecule has 1 heterocycles. The van der Waals surface area contributed by atoms with Gasteiger partial charge >= 0.3 is 0 Å². The molecular weight excluding hydrogens is 140 g/mol. The molecule has 2 nitrogen and oxygen atoms in total. The molecule has 1 aromatic heterocycles. The summed E-state index contributed by atoms with van der Waals surface area (Å²) in [4.78, 5) is 10.9. The predicted octanol–water partition coefficient (Wildman–Crippen LogP) is 2.12. The lowest BCUT2D eigenvalue weighted by Gasteiger charge is -2.00. The molecule has 11 heavy (non-hydrogen) atoms.